The fourth-order valence-electron chi connectivity index (χ4n) is 4.12. The Labute approximate surface area is 189 Å². The Morgan fingerprint density at radius 3 is 2.75 bits per heavy atom. The zero-order chi connectivity index (χ0) is 22.2. The van der Waals surface area contributed by atoms with Crippen LogP contribution in [0.5, 0.6) is 5.75 Å². The molecule has 2 aliphatic rings. The lowest BCUT2D eigenvalue weighted by Crippen LogP contribution is -2.46. The van der Waals surface area contributed by atoms with Gasteiger partial charge in [-0.25, -0.2) is 8.51 Å². The number of hydrogen-bond donors (Lipinski definition) is 0. The van der Waals surface area contributed by atoms with Crippen LogP contribution in [-0.2, 0) is 24.6 Å². The van der Waals surface area contributed by atoms with Gasteiger partial charge in [0.1, 0.15) is 17.2 Å². The normalized spacial score (nSPS) is 18.8. The first-order valence-electron chi connectivity index (χ1n) is 11.0. The molecule has 3 aromatic rings. The number of nitrogens with zero attached hydrogens (tertiary/aromatic N) is 4. The van der Waals surface area contributed by atoms with Gasteiger partial charge in [0, 0.05) is 51.9 Å². The summed E-state index contributed by atoms with van der Waals surface area (Å²) in [5.41, 5.74) is 1.90. The van der Waals surface area contributed by atoms with Gasteiger partial charge in [-0.15, -0.1) is 0 Å². The molecule has 0 N–H and O–H groups in total. The number of ether oxygens (including phenoxy) is 1. The molecule has 32 heavy (non-hydrogen) atoms. The van der Waals surface area contributed by atoms with Gasteiger partial charge in [-0.1, -0.05) is 0 Å². The molecule has 2 fully saturated rings. The molecule has 1 aliphatic carbocycles. The Bertz CT molecular complexity index is 1210. The van der Waals surface area contributed by atoms with E-state index >= 15 is 0 Å². The first-order valence-corrected chi connectivity index (χ1v) is 12.5. The predicted octanol–water partition coefficient (Wildman–Crippen LogP) is 2.39. The molecule has 1 atom stereocenters. The van der Waals surface area contributed by atoms with E-state index < -0.39 is 11.0 Å². The molecule has 1 saturated carbocycles. The summed E-state index contributed by atoms with van der Waals surface area (Å²) in [5.74, 6) is 2.08. The van der Waals surface area contributed by atoms with Crippen molar-refractivity contribution in [3.8, 4) is 17.0 Å². The third-order valence-electron chi connectivity index (χ3n) is 6.17. The molecule has 4 heterocycles. The molecule has 0 amide bonds. The van der Waals surface area contributed by atoms with E-state index in [1.165, 1.54) is 12.8 Å². The summed E-state index contributed by atoms with van der Waals surface area (Å²) in [6.07, 6.45) is 7.65. The molecule has 1 aliphatic heterocycles. The molecule has 8 nitrogen and oxygen atoms in total. The van der Waals surface area contributed by atoms with Crippen LogP contribution in [-0.4, -0.2) is 62.0 Å². The number of fused-ring (bicyclic) bond motifs is 1. The van der Waals surface area contributed by atoms with E-state index in [0.29, 0.717) is 41.5 Å². The van der Waals surface area contributed by atoms with Gasteiger partial charge in [0.05, 0.1) is 35.1 Å². The number of piperazine rings is 1. The van der Waals surface area contributed by atoms with Crippen molar-refractivity contribution in [1.29, 1.82) is 0 Å². The molecule has 9 heteroatoms. The minimum Gasteiger partial charge on any atom is -0.491 e. The highest BCUT2D eigenvalue weighted by molar-refractivity contribution is 7.81. The van der Waals surface area contributed by atoms with Crippen LogP contribution < -0.4 is 10.3 Å². The van der Waals surface area contributed by atoms with Crippen LogP contribution in [0.15, 0.2) is 39.8 Å². The molecule has 0 aromatic carbocycles. The highest BCUT2D eigenvalue weighted by atomic mass is 32.2. The summed E-state index contributed by atoms with van der Waals surface area (Å²) in [6.45, 7) is 4.42. The van der Waals surface area contributed by atoms with Crippen LogP contribution in [0.25, 0.3) is 22.2 Å². The van der Waals surface area contributed by atoms with E-state index in [2.05, 4.69) is 9.88 Å². The standard InChI is InChI=1S/C23H28N4O4S/c1-25-14-19(21-20(4-3-7-24-21)30-15-16-5-6-16)22-18(23(25)28)12-17(31-22)13-26-8-10-27(11-9-26)32(2)29/h3-4,7,12,14,16H,5-6,8-11,13,15H2,1-2H3. The van der Waals surface area contributed by atoms with Gasteiger partial charge in [-0.05, 0) is 37.0 Å². The Morgan fingerprint density at radius 2 is 2.03 bits per heavy atom. The molecular formula is C23H28N4O4S. The Morgan fingerprint density at radius 1 is 1.25 bits per heavy atom. The number of pyridine rings is 2. The molecular weight excluding hydrogens is 428 g/mol. The molecule has 0 radical (unpaired) electrons. The number of aryl methyl sites for hydroxylation is 1. The van der Waals surface area contributed by atoms with Crippen molar-refractivity contribution in [1.82, 2.24) is 18.8 Å². The van der Waals surface area contributed by atoms with Gasteiger partial charge in [0.25, 0.3) is 5.56 Å². The van der Waals surface area contributed by atoms with Gasteiger partial charge in [-0.3, -0.25) is 14.7 Å². The van der Waals surface area contributed by atoms with Crippen molar-refractivity contribution in [2.75, 3.05) is 39.0 Å². The first-order chi connectivity index (χ1) is 15.5. The fraction of sp³-hybridized carbons (Fsp3) is 0.478. The van der Waals surface area contributed by atoms with Crippen molar-refractivity contribution < 1.29 is 13.4 Å². The molecule has 0 bridgehead atoms. The van der Waals surface area contributed by atoms with Crippen LogP contribution in [0.2, 0.25) is 0 Å². The number of furan rings is 1. The van der Waals surface area contributed by atoms with E-state index in [-0.39, 0.29) is 5.56 Å². The second-order valence-electron chi connectivity index (χ2n) is 8.65. The van der Waals surface area contributed by atoms with E-state index in [0.717, 1.165) is 37.5 Å². The number of aromatic nitrogens is 2. The zero-order valence-electron chi connectivity index (χ0n) is 18.5. The monoisotopic (exact) mass is 456 g/mol. The quantitative estimate of drug-likeness (QED) is 0.543. The molecule has 0 spiro atoms. The van der Waals surface area contributed by atoms with Crippen LogP contribution in [0, 0.1) is 5.92 Å². The largest absolute Gasteiger partial charge is 0.491 e. The second kappa shape index (κ2) is 8.80. The average Bonchev–Trinajstić information content (AvgIpc) is 3.53. The van der Waals surface area contributed by atoms with E-state index in [1.807, 2.05) is 22.5 Å². The molecule has 5 rings (SSSR count). The molecule has 1 saturated heterocycles. The Balaban J connectivity index is 1.46. The van der Waals surface area contributed by atoms with Gasteiger partial charge < -0.3 is 13.7 Å². The van der Waals surface area contributed by atoms with E-state index in [9.17, 15) is 9.00 Å². The first kappa shape index (κ1) is 21.4. The summed E-state index contributed by atoms with van der Waals surface area (Å²) in [5, 5.41) is 0.548. The Kier molecular flexibility index (Phi) is 5.88. The lowest BCUT2D eigenvalue weighted by atomic mass is 10.1. The van der Waals surface area contributed by atoms with Crippen molar-refractivity contribution >= 4 is 22.0 Å². The van der Waals surface area contributed by atoms with E-state index in [1.54, 1.807) is 30.3 Å². The second-order valence-corrected chi connectivity index (χ2v) is 10.0. The summed E-state index contributed by atoms with van der Waals surface area (Å²) in [6, 6.07) is 5.63. The minimum atomic E-state index is -0.939. The predicted molar refractivity (Wildman–Crippen MR) is 124 cm³/mol. The van der Waals surface area contributed by atoms with Gasteiger partial charge >= 0.3 is 0 Å². The maximum absolute atomic E-state index is 12.8. The topological polar surface area (TPSA) is 80.8 Å². The molecule has 3 aromatic heterocycles. The molecule has 1 unspecified atom stereocenters. The van der Waals surface area contributed by atoms with Crippen LogP contribution in [0.1, 0.15) is 18.6 Å². The summed E-state index contributed by atoms with van der Waals surface area (Å²) in [4.78, 5) is 19.7. The summed E-state index contributed by atoms with van der Waals surface area (Å²) < 4.78 is 27.5. The third kappa shape index (κ3) is 4.37. The van der Waals surface area contributed by atoms with Crippen LogP contribution in [0.4, 0.5) is 0 Å². The van der Waals surface area contributed by atoms with Crippen molar-refractivity contribution in [3.63, 3.8) is 0 Å². The van der Waals surface area contributed by atoms with Crippen LogP contribution >= 0.6 is 0 Å². The van der Waals surface area contributed by atoms with Crippen molar-refractivity contribution in [2.45, 2.75) is 19.4 Å². The smallest absolute Gasteiger partial charge is 0.261 e. The number of rotatable bonds is 7. The van der Waals surface area contributed by atoms with E-state index in [4.69, 9.17) is 9.15 Å². The van der Waals surface area contributed by atoms with Gasteiger partial charge in [-0.2, -0.15) is 0 Å². The summed E-state index contributed by atoms with van der Waals surface area (Å²) in [7, 11) is 0.807. The highest BCUT2D eigenvalue weighted by Gasteiger charge is 2.25. The van der Waals surface area contributed by atoms with Crippen molar-refractivity contribution in [2.24, 2.45) is 13.0 Å². The minimum absolute atomic E-state index is 0.0960. The van der Waals surface area contributed by atoms with Gasteiger partial charge in [0.2, 0.25) is 0 Å². The fourth-order valence-corrected chi connectivity index (χ4v) is 4.79. The van der Waals surface area contributed by atoms with Crippen LogP contribution in [0.3, 0.4) is 0 Å². The Hall–Kier alpha value is -2.49. The van der Waals surface area contributed by atoms with Crippen molar-refractivity contribution in [3.05, 3.63) is 46.7 Å². The SMILES string of the molecule is Cn1cc(-c2ncccc2OCC2CC2)c2oc(CN3CCN(S(C)=O)CC3)cc2c1=O. The lowest BCUT2D eigenvalue weighted by Gasteiger charge is -2.32. The average molecular weight is 457 g/mol. The summed E-state index contributed by atoms with van der Waals surface area (Å²) >= 11 is 0. The van der Waals surface area contributed by atoms with Gasteiger partial charge in [0.15, 0.2) is 5.58 Å². The zero-order valence-corrected chi connectivity index (χ0v) is 19.3. The highest BCUT2D eigenvalue weighted by Crippen LogP contribution is 2.35. The lowest BCUT2D eigenvalue weighted by molar-refractivity contribution is 0.176. The number of hydrogen-bond acceptors (Lipinski definition) is 6. The molecule has 170 valence electrons. The maximum atomic E-state index is 12.8. The third-order valence-corrected chi connectivity index (χ3v) is 7.27. The maximum Gasteiger partial charge on any atom is 0.261 e.